The molecule has 0 amide bonds. The number of hydrogen-bond acceptors (Lipinski definition) is 5. The minimum Gasteiger partial charge on any atom is -0.365 e. The molecule has 1 atom stereocenters. The number of hydrogen-bond donors (Lipinski definition) is 1. The molecule has 0 fully saturated rings. The number of aryl methyl sites for hydroxylation is 3. The molecule has 0 bridgehead atoms. The van der Waals surface area contributed by atoms with Crippen LogP contribution in [0.15, 0.2) is 24.5 Å². The second kappa shape index (κ2) is 5.61. The Hall–Kier alpha value is -2.50. The van der Waals surface area contributed by atoms with Gasteiger partial charge in [-0.1, -0.05) is 18.6 Å². The van der Waals surface area contributed by atoms with Crippen LogP contribution in [0.2, 0.25) is 0 Å². The molecule has 1 aliphatic heterocycles. The van der Waals surface area contributed by atoms with Crippen molar-refractivity contribution in [2.45, 2.75) is 45.7 Å². The van der Waals surface area contributed by atoms with E-state index in [1.54, 1.807) is 6.33 Å². The van der Waals surface area contributed by atoms with E-state index in [0.717, 1.165) is 54.2 Å². The van der Waals surface area contributed by atoms with Crippen molar-refractivity contribution in [1.82, 2.24) is 24.7 Å². The fourth-order valence-corrected chi connectivity index (χ4v) is 3.11. The van der Waals surface area contributed by atoms with E-state index in [1.165, 1.54) is 5.56 Å². The first-order valence-corrected chi connectivity index (χ1v) is 8.13. The minimum absolute atomic E-state index is 0.313. The molecule has 6 nitrogen and oxygen atoms in total. The lowest BCUT2D eigenvalue weighted by Crippen LogP contribution is -2.32. The van der Waals surface area contributed by atoms with Crippen molar-refractivity contribution in [3.05, 3.63) is 41.7 Å². The molecule has 1 aliphatic rings. The molecule has 1 aromatic carbocycles. The summed E-state index contributed by atoms with van der Waals surface area (Å²) in [7, 11) is 0. The lowest BCUT2D eigenvalue weighted by atomic mass is 10.1. The van der Waals surface area contributed by atoms with Gasteiger partial charge in [0.2, 0.25) is 0 Å². The van der Waals surface area contributed by atoms with E-state index in [1.807, 2.05) is 10.7 Å². The Morgan fingerprint density at radius 1 is 1.30 bits per heavy atom. The zero-order valence-electron chi connectivity index (χ0n) is 13.5. The van der Waals surface area contributed by atoms with E-state index in [2.05, 4.69) is 51.3 Å². The largest absolute Gasteiger partial charge is 0.365 e. The van der Waals surface area contributed by atoms with Gasteiger partial charge in [-0.25, -0.2) is 19.6 Å². The number of aromatic nitrogens is 5. The standard InChI is InChI=1S/C17H20N6/c1-3-15-21-16-7-5-12(9-23(16)22-15)20-17-13-8-11(2)4-6-14(13)18-10-19-17/h4,6,8,10,12H,3,5,7,9H2,1-2H3,(H,18,19,20). The Kier molecular flexibility index (Phi) is 3.44. The summed E-state index contributed by atoms with van der Waals surface area (Å²) < 4.78 is 2.04. The first-order valence-electron chi connectivity index (χ1n) is 8.13. The molecule has 23 heavy (non-hydrogen) atoms. The topological polar surface area (TPSA) is 68.5 Å². The van der Waals surface area contributed by atoms with Gasteiger partial charge in [0.25, 0.3) is 0 Å². The third-order valence-electron chi connectivity index (χ3n) is 4.35. The molecule has 0 spiro atoms. The highest BCUT2D eigenvalue weighted by atomic mass is 15.4. The zero-order valence-corrected chi connectivity index (χ0v) is 13.5. The Balaban J connectivity index is 1.60. The van der Waals surface area contributed by atoms with E-state index < -0.39 is 0 Å². The Morgan fingerprint density at radius 3 is 3.09 bits per heavy atom. The van der Waals surface area contributed by atoms with Crippen LogP contribution < -0.4 is 5.32 Å². The van der Waals surface area contributed by atoms with Crippen molar-refractivity contribution in [3.63, 3.8) is 0 Å². The summed E-state index contributed by atoms with van der Waals surface area (Å²) in [5, 5.41) is 9.23. The monoisotopic (exact) mass is 308 g/mol. The Bertz CT molecular complexity index is 853. The summed E-state index contributed by atoms with van der Waals surface area (Å²) in [5.41, 5.74) is 2.18. The molecule has 0 saturated carbocycles. The molecule has 1 N–H and O–H groups in total. The van der Waals surface area contributed by atoms with Crippen molar-refractivity contribution in [2.75, 3.05) is 5.32 Å². The fraction of sp³-hybridized carbons (Fsp3) is 0.412. The van der Waals surface area contributed by atoms with Crippen molar-refractivity contribution >= 4 is 16.7 Å². The quantitative estimate of drug-likeness (QED) is 0.805. The van der Waals surface area contributed by atoms with Gasteiger partial charge in [-0.3, -0.25) is 0 Å². The molecule has 2 aromatic heterocycles. The van der Waals surface area contributed by atoms with Crippen LogP contribution in [0.25, 0.3) is 10.9 Å². The summed E-state index contributed by atoms with van der Waals surface area (Å²) >= 11 is 0. The van der Waals surface area contributed by atoms with E-state index >= 15 is 0 Å². The number of nitrogens with zero attached hydrogens (tertiary/aromatic N) is 5. The highest BCUT2D eigenvalue weighted by Crippen LogP contribution is 2.23. The molecule has 0 aliphatic carbocycles. The normalized spacial score (nSPS) is 17.2. The van der Waals surface area contributed by atoms with Crippen LogP contribution in [0.3, 0.4) is 0 Å². The van der Waals surface area contributed by atoms with Crippen molar-refractivity contribution < 1.29 is 0 Å². The van der Waals surface area contributed by atoms with Crippen LogP contribution in [0.1, 0.15) is 30.6 Å². The SMILES string of the molecule is CCc1nc2n(n1)CC(Nc1ncnc3ccc(C)cc13)CC2. The first kappa shape index (κ1) is 14.1. The maximum absolute atomic E-state index is 4.57. The van der Waals surface area contributed by atoms with E-state index in [-0.39, 0.29) is 0 Å². The Morgan fingerprint density at radius 2 is 2.22 bits per heavy atom. The van der Waals surface area contributed by atoms with Crippen molar-refractivity contribution in [1.29, 1.82) is 0 Å². The highest BCUT2D eigenvalue weighted by molar-refractivity contribution is 5.89. The van der Waals surface area contributed by atoms with Crippen LogP contribution in [-0.2, 0) is 19.4 Å². The van der Waals surface area contributed by atoms with E-state index in [0.29, 0.717) is 6.04 Å². The predicted octanol–water partition coefficient (Wildman–Crippen LogP) is 2.52. The maximum atomic E-state index is 4.57. The van der Waals surface area contributed by atoms with Crippen molar-refractivity contribution in [3.8, 4) is 0 Å². The lowest BCUT2D eigenvalue weighted by Gasteiger charge is -2.24. The van der Waals surface area contributed by atoms with Gasteiger partial charge in [0.15, 0.2) is 5.82 Å². The predicted molar refractivity (Wildman–Crippen MR) is 89.4 cm³/mol. The lowest BCUT2D eigenvalue weighted by molar-refractivity contribution is 0.440. The molecule has 0 radical (unpaired) electrons. The summed E-state index contributed by atoms with van der Waals surface area (Å²) in [5.74, 6) is 2.94. The highest BCUT2D eigenvalue weighted by Gasteiger charge is 2.22. The van der Waals surface area contributed by atoms with Gasteiger partial charge in [0.05, 0.1) is 12.1 Å². The molecular weight excluding hydrogens is 288 g/mol. The number of anilines is 1. The average molecular weight is 308 g/mol. The number of rotatable bonds is 3. The van der Waals surface area contributed by atoms with Gasteiger partial charge in [-0.05, 0) is 25.5 Å². The van der Waals surface area contributed by atoms with E-state index in [4.69, 9.17) is 0 Å². The van der Waals surface area contributed by atoms with Crippen molar-refractivity contribution in [2.24, 2.45) is 0 Å². The molecule has 0 saturated heterocycles. The van der Waals surface area contributed by atoms with Crippen LogP contribution >= 0.6 is 0 Å². The van der Waals surface area contributed by atoms with Gasteiger partial charge in [-0.2, -0.15) is 5.10 Å². The van der Waals surface area contributed by atoms with Crippen LogP contribution in [0.5, 0.6) is 0 Å². The summed E-state index contributed by atoms with van der Waals surface area (Å²) in [6, 6.07) is 6.57. The molecule has 4 rings (SSSR count). The molecular formula is C17H20N6. The second-order valence-corrected chi connectivity index (χ2v) is 6.10. The first-order chi connectivity index (χ1) is 11.2. The third kappa shape index (κ3) is 2.65. The zero-order chi connectivity index (χ0) is 15.8. The molecule has 3 aromatic rings. The molecule has 118 valence electrons. The van der Waals surface area contributed by atoms with Gasteiger partial charge in [-0.15, -0.1) is 0 Å². The number of benzene rings is 1. The Labute approximate surface area is 135 Å². The van der Waals surface area contributed by atoms with E-state index in [9.17, 15) is 0 Å². The third-order valence-corrected chi connectivity index (χ3v) is 4.35. The number of fused-ring (bicyclic) bond motifs is 2. The van der Waals surface area contributed by atoms with Gasteiger partial charge in [0, 0.05) is 24.3 Å². The van der Waals surface area contributed by atoms with Gasteiger partial charge < -0.3 is 5.32 Å². The minimum atomic E-state index is 0.313. The summed E-state index contributed by atoms with van der Waals surface area (Å²) in [6.45, 7) is 5.01. The van der Waals surface area contributed by atoms with Crippen LogP contribution in [-0.4, -0.2) is 30.8 Å². The summed E-state index contributed by atoms with van der Waals surface area (Å²) in [4.78, 5) is 13.4. The fourth-order valence-electron chi connectivity index (χ4n) is 3.11. The van der Waals surface area contributed by atoms with Crippen LogP contribution in [0, 0.1) is 6.92 Å². The van der Waals surface area contributed by atoms with Gasteiger partial charge in [0.1, 0.15) is 18.0 Å². The molecule has 6 heteroatoms. The average Bonchev–Trinajstić information content (AvgIpc) is 2.98. The number of nitrogens with one attached hydrogen (secondary N) is 1. The molecule has 1 unspecified atom stereocenters. The summed E-state index contributed by atoms with van der Waals surface area (Å²) in [6.07, 6.45) is 4.50. The molecule has 3 heterocycles. The second-order valence-electron chi connectivity index (χ2n) is 6.10. The smallest absolute Gasteiger partial charge is 0.150 e. The maximum Gasteiger partial charge on any atom is 0.150 e. The van der Waals surface area contributed by atoms with Gasteiger partial charge >= 0.3 is 0 Å². The van der Waals surface area contributed by atoms with Crippen LogP contribution in [0.4, 0.5) is 5.82 Å².